The van der Waals surface area contributed by atoms with Crippen molar-refractivity contribution in [2.45, 2.75) is 32.1 Å². The van der Waals surface area contributed by atoms with Crippen molar-refractivity contribution in [1.82, 2.24) is 5.32 Å². The monoisotopic (exact) mass is 225 g/mol. The fourth-order valence-electron chi connectivity index (χ4n) is 2.23. The van der Waals surface area contributed by atoms with Crippen molar-refractivity contribution < 1.29 is 14.7 Å². The second-order valence-electron chi connectivity index (χ2n) is 4.29. The summed E-state index contributed by atoms with van der Waals surface area (Å²) in [6, 6.07) is 0. The van der Waals surface area contributed by atoms with Gasteiger partial charge in [-0.2, -0.15) is 0 Å². The van der Waals surface area contributed by atoms with Crippen LogP contribution in [0.25, 0.3) is 0 Å². The summed E-state index contributed by atoms with van der Waals surface area (Å²) in [7, 11) is 0. The molecule has 4 heteroatoms. The van der Waals surface area contributed by atoms with E-state index in [0.717, 1.165) is 25.7 Å². The Morgan fingerprint density at radius 2 is 2.06 bits per heavy atom. The first-order chi connectivity index (χ1) is 7.65. The number of carboxylic acids is 1. The van der Waals surface area contributed by atoms with Crippen LogP contribution in [-0.4, -0.2) is 23.5 Å². The zero-order valence-corrected chi connectivity index (χ0v) is 9.45. The lowest BCUT2D eigenvalue weighted by molar-refractivity contribution is -0.145. The lowest BCUT2D eigenvalue weighted by Crippen LogP contribution is -2.36. The molecule has 2 N–H and O–H groups in total. The van der Waals surface area contributed by atoms with Crippen LogP contribution in [0.4, 0.5) is 0 Å². The quantitative estimate of drug-likeness (QED) is 0.698. The molecular weight excluding hydrogens is 206 g/mol. The van der Waals surface area contributed by atoms with Gasteiger partial charge in [0, 0.05) is 13.0 Å². The second-order valence-corrected chi connectivity index (χ2v) is 4.29. The molecule has 0 aromatic carbocycles. The minimum atomic E-state index is -0.734. The number of rotatable bonds is 5. The average Bonchev–Trinajstić information content (AvgIpc) is 2.27. The number of carboxylic acid groups (broad SMARTS) is 1. The van der Waals surface area contributed by atoms with Crippen LogP contribution in [-0.2, 0) is 9.59 Å². The molecule has 0 aromatic heterocycles. The van der Waals surface area contributed by atoms with Crippen molar-refractivity contribution in [1.29, 1.82) is 0 Å². The zero-order chi connectivity index (χ0) is 12.0. The van der Waals surface area contributed by atoms with Crippen molar-refractivity contribution in [3.05, 3.63) is 12.7 Å². The molecular formula is C12H19NO3. The predicted octanol–water partition coefficient (Wildman–Crippen LogP) is 1.57. The van der Waals surface area contributed by atoms with Gasteiger partial charge in [0.05, 0.1) is 5.92 Å². The van der Waals surface area contributed by atoms with Crippen molar-refractivity contribution in [3.63, 3.8) is 0 Å². The molecule has 1 amide bonds. The number of carbonyl (C=O) groups is 2. The normalized spacial score (nSPS) is 24.8. The van der Waals surface area contributed by atoms with E-state index in [1.54, 1.807) is 6.08 Å². The molecule has 4 nitrogen and oxygen atoms in total. The van der Waals surface area contributed by atoms with E-state index < -0.39 is 5.97 Å². The van der Waals surface area contributed by atoms with E-state index in [1.807, 2.05) is 0 Å². The van der Waals surface area contributed by atoms with E-state index in [-0.39, 0.29) is 17.7 Å². The summed E-state index contributed by atoms with van der Waals surface area (Å²) in [5.74, 6) is -1.02. The molecule has 2 unspecified atom stereocenters. The Labute approximate surface area is 95.7 Å². The van der Waals surface area contributed by atoms with E-state index in [2.05, 4.69) is 11.9 Å². The third kappa shape index (κ3) is 3.68. The third-order valence-electron chi connectivity index (χ3n) is 3.12. The van der Waals surface area contributed by atoms with Crippen LogP contribution < -0.4 is 5.32 Å². The summed E-state index contributed by atoms with van der Waals surface area (Å²) in [5.41, 5.74) is 0. The van der Waals surface area contributed by atoms with E-state index in [0.29, 0.717) is 13.0 Å². The summed E-state index contributed by atoms with van der Waals surface area (Å²) < 4.78 is 0. The molecule has 1 saturated carbocycles. The Kier molecular flexibility index (Phi) is 5.02. The maximum atomic E-state index is 11.2. The smallest absolute Gasteiger partial charge is 0.306 e. The summed E-state index contributed by atoms with van der Waals surface area (Å²) in [6.45, 7) is 3.96. The Morgan fingerprint density at radius 3 is 2.69 bits per heavy atom. The molecule has 0 bridgehead atoms. The molecule has 16 heavy (non-hydrogen) atoms. The number of hydrogen-bond donors (Lipinski definition) is 2. The van der Waals surface area contributed by atoms with Crippen LogP contribution in [0.3, 0.4) is 0 Å². The van der Waals surface area contributed by atoms with Gasteiger partial charge in [-0.25, -0.2) is 0 Å². The number of nitrogens with one attached hydrogen (secondary N) is 1. The highest BCUT2D eigenvalue weighted by Crippen LogP contribution is 2.29. The zero-order valence-electron chi connectivity index (χ0n) is 9.45. The Bertz CT molecular complexity index is 275. The highest BCUT2D eigenvalue weighted by atomic mass is 16.4. The summed E-state index contributed by atoms with van der Waals surface area (Å²) in [4.78, 5) is 22.2. The average molecular weight is 225 g/mol. The summed E-state index contributed by atoms with van der Waals surface area (Å²) in [6.07, 6.45) is 5.51. The van der Waals surface area contributed by atoms with Crippen LogP contribution in [0.1, 0.15) is 32.1 Å². The van der Waals surface area contributed by atoms with Gasteiger partial charge >= 0.3 is 5.97 Å². The van der Waals surface area contributed by atoms with Crippen LogP contribution in [0.15, 0.2) is 12.7 Å². The Morgan fingerprint density at radius 1 is 1.38 bits per heavy atom. The summed E-state index contributed by atoms with van der Waals surface area (Å²) in [5, 5.41) is 11.8. The van der Waals surface area contributed by atoms with Gasteiger partial charge < -0.3 is 10.4 Å². The number of carbonyl (C=O) groups excluding carboxylic acids is 1. The van der Waals surface area contributed by atoms with Gasteiger partial charge in [0.25, 0.3) is 0 Å². The van der Waals surface area contributed by atoms with E-state index in [1.165, 1.54) is 0 Å². The highest BCUT2D eigenvalue weighted by molar-refractivity contribution is 5.77. The van der Waals surface area contributed by atoms with Crippen molar-refractivity contribution in [2.75, 3.05) is 6.54 Å². The van der Waals surface area contributed by atoms with Gasteiger partial charge in [-0.3, -0.25) is 9.59 Å². The molecule has 1 aliphatic rings. The fraction of sp³-hybridized carbons (Fsp3) is 0.667. The van der Waals surface area contributed by atoms with Gasteiger partial charge in [0.15, 0.2) is 0 Å². The molecule has 0 aromatic rings. The Hall–Kier alpha value is -1.32. The fourth-order valence-corrected chi connectivity index (χ4v) is 2.23. The van der Waals surface area contributed by atoms with Crippen LogP contribution >= 0.6 is 0 Å². The van der Waals surface area contributed by atoms with Gasteiger partial charge in [-0.05, 0) is 18.8 Å². The highest BCUT2D eigenvalue weighted by Gasteiger charge is 2.30. The maximum Gasteiger partial charge on any atom is 0.306 e. The first-order valence-electron chi connectivity index (χ1n) is 5.75. The first-order valence-corrected chi connectivity index (χ1v) is 5.75. The molecule has 90 valence electrons. The number of hydrogen-bond acceptors (Lipinski definition) is 2. The molecule has 0 saturated heterocycles. The van der Waals surface area contributed by atoms with Gasteiger partial charge in [-0.1, -0.05) is 18.9 Å². The minimum Gasteiger partial charge on any atom is -0.481 e. The second kappa shape index (κ2) is 6.30. The lowest BCUT2D eigenvalue weighted by atomic mass is 9.79. The topological polar surface area (TPSA) is 66.4 Å². The van der Waals surface area contributed by atoms with Crippen LogP contribution in [0.5, 0.6) is 0 Å². The van der Waals surface area contributed by atoms with Crippen LogP contribution in [0, 0.1) is 11.8 Å². The van der Waals surface area contributed by atoms with Crippen LogP contribution in [0.2, 0.25) is 0 Å². The van der Waals surface area contributed by atoms with E-state index >= 15 is 0 Å². The molecule has 0 spiro atoms. The molecule has 1 aliphatic carbocycles. The largest absolute Gasteiger partial charge is 0.481 e. The number of aliphatic carboxylic acids is 1. The molecule has 1 fully saturated rings. The minimum absolute atomic E-state index is 0.0790. The van der Waals surface area contributed by atoms with Crippen molar-refractivity contribution in [3.8, 4) is 0 Å². The maximum absolute atomic E-state index is 11.2. The molecule has 2 atom stereocenters. The molecule has 0 aliphatic heterocycles. The summed E-state index contributed by atoms with van der Waals surface area (Å²) >= 11 is 0. The molecule has 0 heterocycles. The van der Waals surface area contributed by atoms with Gasteiger partial charge in [-0.15, -0.1) is 6.58 Å². The van der Waals surface area contributed by atoms with E-state index in [4.69, 9.17) is 5.11 Å². The van der Waals surface area contributed by atoms with Gasteiger partial charge in [0.2, 0.25) is 5.91 Å². The predicted molar refractivity (Wildman–Crippen MR) is 60.9 cm³/mol. The SMILES string of the molecule is C=CCC(=O)NCC1CCCCC1C(=O)O. The van der Waals surface area contributed by atoms with Crippen molar-refractivity contribution >= 4 is 11.9 Å². The standard InChI is InChI=1S/C12H19NO3/c1-2-5-11(14)13-8-9-6-3-4-7-10(9)12(15)16/h2,9-10H,1,3-8H2,(H,13,14)(H,15,16). The first kappa shape index (κ1) is 12.7. The third-order valence-corrected chi connectivity index (χ3v) is 3.12. The van der Waals surface area contributed by atoms with E-state index in [9.17, 15) is 9.59 Å². The van der Waals surface area contributed by atoms with Crippen molar-refractivity contribution in [2.24, 2.45) is 11.8 Å². The van der Waals surface area contributed by atoms with Gasteiger partial charge in [0.1, 0.15) is 0 Å². The number of amides is 1. The lowest BCUT2D eigenvalue weighted by Gasteiger charge is -2.28. The Balaban J connectivity index is 2.40. The molecule has 1 rings (SSSR count). The molecule has 0 radical (unpaired) electrons.